The number of unbranched alkanes of at least 4 members (excludes halogenated alkanes) is 6. The first kappa shape index (κ1) is 95.5. The Labute approximate surface area is 699 Å². The van der Waals surface area contributed by atoms with Crippen molar-refractivity contribution >= 4 is 52.7 Å². The third kappa shape index (κ3) is 22.4. The maximum absolute atomic E-state index is 15.8. The van der Waals surface area contributed by atoms with Gasteiger partial charge in [-0.2, -0.15) is 10.5 Å². The smallest absolute Gasteiger partial charge is 0.340 e. The second-order valence-corrected chi connectivity index (χ2v) is 36.6. The van der Waals surface area contributed by atoms with Crippen molar-refractivity contribution in [3.8, 4) is 46.6 Å². The molecule has 29 heteroatoms. The topological polar surface area (TPSA) is 287 Å². The summed E-state index contributed by atoms with van der Waals surface area (Å²) in [5.74, 6) is -7.06. The van der Waals surface area contributed by atoms with Crippen molar-refractivity contribution in [2.24, 2.45) is 10.8 Å². The third-order valence-electron chi connectivity index (χ3n) is 20.0. The molecule has 3 atom stereocenters. The molecule has 10 rings (SSSR count). The molecular weight excluding hydrogens is 1570 g/mol. The van der Waals surface area contributed by atoms with E-state index in [1.807, 2.05) is 0 Å². The van der Waals surface area contributed by atoms with Crippen molar-refractivity contribution in [3.63, 3.8) is 0 Å². The number of fused-ring (bicyclic) bond motifs is 12. The average Bonchev–Trinajstić information content (AvgIpc) is 1.60. The zero-order valence-electron chi connectivity index (χ0n) is 72.1. The van der Waals surface area contributed by atoms with Gasteiger partial charge in [-0.3, -0.25) is 19.2 Å². The van der Waals surface area contributed by atoms with Gasteiger partial charge in [-0.05, 0) is 248 Å². The fraction of sp³-hybridized carbons (Fsp3) is 0.511. The van der Waals surface area contributed by atoms with Crippen molar-refractivity contribution < 1.29 is 93.4 Å². The van der Waals surface area contributed by atoms with Gasteiger partial charge in [0.15, 0.2) is 42.8 Å². The van der Waals surface area contributed by atoms with Crippen LogP contribution in [-0.2, 0) is 43.8 Å². The molecule has 4 heterocycles. The van der Waals surface area contributed by atoms with Crippen LogP contribution in [0.2, 0.25) is 0 Å². The molecule has 0 bridgehead atoms. The van der Waals surface area contributed by atoms with Crippen LogP contribution in [0.25, 0.3) is 0 Å². The number of amides is 2. The van der Waals surface area contributed by atoms with E-state index in [2.05, 4.69) is 120 Å². The van der Waals surface area contributed by atoms with Gasteiger partial charge in [0.05, 0.1) is 89.0 Å². The van der Waals surface area contributed by atoms with Crippen LogP contribution in [-0.4, -0.2) is 131 Å². The van der Waals surface area contributed by atoms with Crippen LogP contribution < -0.4 is 29.6 Å². The molecule has 4 aliphatic rings. The predicted molar refractivity (Wildman–Crippen MR) is 446 cm³/mol. The number of hydrogen-bond donors (Lipinski definition) is 3. The number of carbonyl (C=O) groups excluding carboxylic acids is 6. The molecule has 6 aromatic rings. The van der Waals surface area contributed by atoms with Gasteiger partial charge in [-0.15, -0.1) is 0 Å². The van der Waals surface area contributed by atoms with E-state index in [0.29, 0.717) is 82.8 Å². The number of esters is 4. The Balaban J connectivity index is 0.000000247. The summed E-state index contributed by atoms with van der Waals surface area (Å²) in [6, 6.07) is 25.1. The fourth-order valence-corrected chi connectivity index (χ4v) is 18.2. The normalized spacial score (nSPS) is 15.8. The summed E-state index contributed by atoms with van der Waals surface area (Å²) < 4.78 is 122. The SMILES string of the molecule is CC(C)N(C(C)C)P(OCCC#N)N(C(C)C)C(C)C.Cc1cc2c(cc1F)C1(OC(=O)c3ccc(C(=O)NCCCCCCO)cc31)c1cc(F)c(OC(=O)C(C)(C)C)cc1O2.Cc1cc2c(cc1F)C1(OC(=O)c3ccc(C(=O)NCCCCCCOP(OCCC#N)N(C(C)C)C(C)C)cc31)c1cc(F)c(OC(=O)C(C)(C)C)cc1O2. The quantitative estimate of drug-likeness (QED) is 0.0113. The molecule has 2 amide bonds. The number of aliphatic hydroxyl groups excluding tert-OH is 1. The van der Waals surface area contributed by atoms with E-state index in [1.165, 1.54) is 72.8 Å². The average molecular weight is 1690 g/mol. The minimum atomic E-state index is -1.88. The molecule has 0 saturated heterocycles. The van der Waals surface area contributed by atoms with Crippen molar-refractivity contribution in [2.75, 3.05) is 39.5 Å². The molecule has 3 N–H and O–H groups in total. The number of carbonyl (C=O) groups is 6. The second-order valence-electron chi connectivity index (χ2n) is 33.5. The van der Waals surface area contributed by atoms with Gasteiger partial charge in [-0.25, -0.2) is 41.2 Å². The molecule has 0 saturated carbocycles. The number of nitriles is 2. The first-order valence-corrected chi connectivity index (χ1v) is 43.0. The van der Waals surface area contributed by atoms with Crippen LogP contribution in [0.1, 0.15) is 275 Å². The molecule has 23 nitrogen and oxygen atoms in total. The summed E-state index contributed by atoms with van der Waals surface area (Å²) in [4.78, 5) is 78.5. The second kappa shape index (κ2) is 41.5. The largest absolute Gasteiger partial charge is 0.456 e. The standard InChI is InChI=1S/C42H50F2N3O8P.C33H33F2NO7.C15H32N3OP/c1-25(2)47(26(3)4)56(52-19-13-16-45)51-18-12-10-9-11-17-46-38(48)28-14-15-29-30(21-28)42(55-39(29)49)31-22-33(43)27(5)20-35(31)53-36-24-37(34(44)23-32(36)42)54-40(50)41(6,7)8;1-18-13-26-22(15-24(18)34)33(23-16-25(35)28(17-27(23)41-26)42-31(40)32(2,3)4)21-14-19(9-10-20(21)30(39)43-33)29(38)36-11-7-5-6-8-12-37;1-12(2)17(13(3)4)20(19-11-9-10-16)18(14(5)6)15(7)8/h14-15,20-26H,9-13,17-19H2,1-8H3,(H,46,48);9-10,13-17,37H,5-8,11-12H2,1-4H3,(H,36,38);12-15H,9,11H2,1-8H3. The number of nitrogens with zero attached hydrogens (tertiary/aromatic N) is 5. The van der Waals surface area contributed by atoms with Gasteiger partial charge in [0.25, 0.3) is 20.3 Å². The zero-order chi connectivity index (χ0) is 87.9. The lowest BCUT2D eigenvalue weighted by atomic mass is 9.77. The van der Waals surface area contributed by atoms with Gasteiger partial charge in [0.2, 0.25) is 0 Å². The van der Waals surface area contributed by atoms with E-state index < -0.39 is 98.0 Å². The molecule has 0 aromatic heterocycles. The summed E-state index contributed by atoms with van der Waals surface area (Å²) in [5.41, 5.74) is -3.60. The molecule has 119 heavy (non-hydrogen) atoms. The van der Waals surface area contributed by atoms with Crippen molar-refractivity contribution in [2.45, 2.75) is 250 Å². The van der Waals surface area contributed by atoms with E-state index in [0.717, 1.165) is 50.7 Å². The number of halogens is 4. The first-order chi connectivity index (χ1) is 56.1. The Morgan fingerprint density at radius 2 is 0.807 bits per heavy atom. The molecule has 2 spiro atoms. The highest BCUT2D eigenvalue weighted by Crippen LogP contribution is 2.60. The fourth-order valence-electron chi connectivity index (χ4n) is 14.3. The maximum Gasteiger partial charge on any atom is 0.340 e. The zero-order valence-corrected chi connectivity index (χ0v) is 73.9. The van der Waals surface area contributed by atoms with Crippen LogP contribution in [0.5, 0.6) is 34.5 Å². The number of rotatable bonds is 33. The Bertz CT molecular complexity index is 4700. The van der Waals surface area contributed by atoms with Crippen LogP contribution in [0, 0.1) is 70.6 Å². The van der Waals surface area contributed by atoms with Gasteiger partial charge < -0.3 is 57.7 Å². The predicted octanol–water partition coefficient (Wildman–Crippen LogP) is 19.8. The Morgan fingerprint density at radius 3 is 1.17 bits per heavy atom. The van der Waals surface area contributed by atoms with Gasteiger partial charge >= 0.3 is 23.9 Å². The summed E-state index contributed by atoms with van der Waals surface area (Å²) in [7, 11) is -2.14. The minimum absolute atomic E-state index is 0.0304. The van der Waals surface area contributed by atoms with Crippen LogP contribution in [0.3, 0.4) is 0 Å². The summed E-state index contributed by atoms with van der Waals surface area (Å²) in [6.07, 6.45) is 7.06. The number of hydrogen-bond acceptors (Lipinski definition) is 21. The molecule has 6 aromatic carbocycles. The highest BCUT2D eigenvalue weighted by molar-refractivity contribution is 7.47. The Kier molecular flexibility index (Phi) is 33.3. The molecule has 644 valence electrons. The van der Waals surface area contributed by atoms with Gasteiger partial charge in [0.1, 0.15) is 34.6 Å². The van der Waals surface area contributed by atoms with E-state index in [1.54, 1.807) is 55.4 Å². The van der Waals surface area contributed by atoms with Gasteiger partial charge in [0, 0.05) is 90.3 Å². The van der Waals surface area contributed by atoms with E-state index in [9.17, 15) is 28.8 Å². The van der Waals surface area contributed by atoms with Crippen molar-refractivity contribution in [1.29, 1.82) is 10.5 Å². The van der Waals surface area contributed by atoms with Crippen LogP contribution in [0.15, 0.2) is 84.9 Å². The number of nitrogens with one attached hydrogen (secondary N) is 2. The molecule has 3 unspecified atom stereocenters. The maximum atomic E-state index is 15.8. The van der Waals surface area contributed by atoms with Crippen molar-refractivity contribution in [1.82, 2.24) is 24.6 Å². The van der Waals surface area contributed by atoms with E-state index >= 15 is 17.6 Å². The minimum Gasteiger partial charge on any atom is -0.456 e. The monoisotopic (exact) mass is 1690 g/mol. The highest BCUT2D eigenvalue weighted by atomic mass is 31.2. The van der Waals surface area contributed by atoms with Gasteiger partial charge in [-0.1, -0.05) is 25.7 Å². The molecular formula is C90H115F4N7O16P2. The lowest BCUT2D eigenvalue weighted by Crippen LogP contribution is -2.43. The molecule has 4 aliphatic heterocycles. The van der Waals surface area contributed by atoms with Crippen LogP contribution >= 0.6 is 17.0 Å². The summed E-state index contributed by atoms with van der Waals surface area (Å²) >= 11 is 0. The number of aryl methyl sites for hydroxylation is 2. The number of aliphatic hydroxyl groups is 1. The van der Waals surface area contributed by atoms with E-state index in [-0.39, 0.29) is 120 Å². The van der Waals surface area contributed by atoms with E-state index in [4.69, 9.17) is 57.6 Å². The molecule has 0 fully saturated rings. The lowest BCUT2D eigenvalue weighted by Gasteiger charge is -2.45. The van der Waals surface area contributed by atoms with Crippen LogP contribution in [0.4, 0.5) is 17.6 Å². The first-order valence-electron chi connectivity index (χ1n) is 40.7. The molecule has 0 aliphatic carbocycles. The summed E-state index contributed by atoms with van der Waals surface area (Å²) in [6.45, 7) is 41.2. The Morgan fingerprint density at radius 1 is 0.462 bits per heavy atom. The number of benzene rings is 6. The third-order valence-corrected chi connectivity index (χ3v) is 25.1. The molecule has 0 radical (unpaired) electrons. The number of ether oxygens (including phenoxy) is 6. The Hall–Kier alpha value is -8.98. The highest BCUT2D eigenvalue weighted by Gasteiger charge is 2.57. The summed E-state index contributed by atoms with van der Waals surface area (Å²) in [5, 5.41) is 32.4. The van der Waals surface area contributed by atoms with Crippen molar-refractivity contribution in [3.05, 3.63) is 175 Å². The lowest BCUT2D eigenvalue weighted by molar-refractivity contribution is -0.144.